The Labute approximate surface area is 470 Å². The maximum absolute atomic E-state index is 15.9. The summed E-state index contributed by atoms with van der Waals surface area (Å²) in [5.41, 5.74) is -6.32. The molecule has 4 aliphatic rings. The molecule has 1 amide bonds. The number of phosphoric ester groups is 1. The van der Waals surface area contributed by atoms with Crippen molar-refractivity contribution in [2.24, 2.45) is 16.7 Å². The Morgan fingerprint density at radius 3 is 1.84 bits per heavy atom. The van der Waals surface area contributed by atoms with Gasteiger partial charge in [0.2, 0.25) is 6.10 Å². The van der Waals surface area contributed by atoms with Crippen molar-refractivity contribution in [3.63, 3.8) is 0 Å². The van der Waals surface area contributed by atoms with Crippen molar-refractivity contribution in [2.45, 2.75) is 127 Å². The summed E-state index contributed by atoms with van der Waals surface area (Å²) in [4.78, 5) is 73.1. The standard InChI is InChI=1S/C62H68NO17P/c1-6-22-48(64)79-52(50(42-27-16-9-17-28-42)63-56(67)43-29-18-10-19-30-43)58(69)78-45-34-62(71)55(80-57(68)44-31-20-11-21-32-44)53-60(5,54(66)51(65)49(39(45)2)59(62,3)4)46(33-47-61(53,70)37-73-47)74-38-77-81(72,75-35-40-23-12-7-13-24-40)76-36-41-25-14-8-15-26-41/h7-21,23-32,45-47,50-53,55,65,70-71H,6,22,33-38H2,1-5H3,(H,63,67)/t45?,46?,47?,50?,51?,52?,53?,55?,60-,61?,62?/m1/s1. The largest absolute Gasteiger partial charge is 0.477 e. The molecule has 0 aromatic heterocycles. The number of ether oxygens (including phenoxy) is 5. The third kappa shape index (κ3) is 11.9. The predicted octanol–water partition coefficient (Wildman–Crippen LogP) is 8.49. The van der Waals surface area contributed by atoms with E-state index in [9.17, 15) is 34.3 Å². The molecular weight excluding hydrogens is 1060 g/mol. The Hall–Kier alpha value is -6.70. The lowest BCUT2D eigenvalue weighted by Gasteiger charge is -2.67. The first kappa shape index (κ1) is 58.9. The lowest BCUT2D eigenvalue weighted by Crippen LogP contribution is -2.81. The van der Waals surface area contributed by atoms with Gasteiger partial charge in [-0.05, 0) is 72.4 Å². The van der Waals surface area contributed by atoms with Crippen LogP contribution in [0.25, 0.3) is 0 Å². The second-order valence-electron chi connectivity index (χ2n) is 21.8. The molecule has 2 bridgehead atoms. The molecule has 4 N–H and O–H groups in total. The van der Waals surface area contributed by atoms with Gasteiger partial charge in [-0.3, -0.25) is 28.0 Å². The summed E-state index contributed by atoms with van der Waals surface area (Å²) in [5.74, 6) is -6.09. The SMILES string of the molecule is CCCC(=O)OC(C(=O)OC1CC2(O)C(OC(=O)c3ccccc3)C3C4(O)COC4CC(OCOP(=O)(OCc4ccccc4)OCc4ccccc4)[C@@]3(C)C(=O)C(O)C(=C1C)C2(C)C)C(NC(=O)c1ccccc1)c1ccccc1. The number of carbonyl (C=O) groups excluding carboxylic acids is 5. The van der Waals surface area contributed by atoms with Gasteiger partial charge in [-0.2, -0.15) is 0 Å². The molecule has 0 spiro atoms. The van der Waals surface area contributed by atoms with Crippen LogP contribution in [0.3, 0.4) is 0 Å². The van der Waals surface area contributed by atoms with Gasteiger partial charge in [0.05, 0.1) is 43.0 Å². The second-order valence-corrected chi connectivity index (χ2v) is 23.4. The lowest BCUT2D eigenvalue weighted by molar-refractivity contribution is -0.349. The number of Topliss-reactive ketones (excluding diaryl/α,β-unsaturated/α-hetero) is 1. The molecule has 1 saturated heterocycles. The molecule has 10 unspecified atom stereocenters. The quantitative estimate of drug-likeness (QED) is 0.0177. The van der Waals surface area contributed by atoms with Gasteiger partial charge in [0.1, 0.15) is 35.6 Å². The molecule has 5 aromatic rings. The van der Waals surface area contributed by atoms with Crippen molar-refractivity contribution < 1.29 is 81.1 Å². The van der Waals surface area contributed by atoms with E-state index in [1.54, 1.807) is 148 Å². The number of phosphoric acid groups is 1. The van der Waals surface area contributed by atoms with Crippen LogP contribution in [0.15, 0.2) is 163 Å². The second kappa shape index (κ2) is 24.4. The highest BCUT2D eigenvalue weighted by atomic mass is 31.2. The normalized spacial score (nSPS) is 27.4. The van der Waals surface area contributed by atoms with Crippen LogP contribution in [-0.4, -0.2) is 106 Å². The summed E-state index contributed by atoms with van der Waals surface area (Å²) in [6, 6.07) is 40.9. The molecule has 1 heterocycles. The van der Waals surface area contributed by atoms with Crippen LogP contribution in [-0.2, 0) is 69.4 Å². The van der Waals surface area contributed by atoms with E-state index >= 15 is 9.59 Å². The summed E-state index contributed by atoms with van der Waals surface area (Å²) in [5, 5.41) is 42.8. The lowest BCUT2D eigenvalue weighted by atomic mass is 9.44. The Bertz CT molecular complexity index is 3080. The van der Waals surface area contributed by atoms with Crippen LogP contribution < -0.4 is 5.32 Å². The van der Waals surface area contributed by atoms with E-state index in [1.807, 2.05) is 12.1 Å². The zero-order chi connectivity index (χ0) is 57.7. The van der Waals surface area contributed by atoms with Gasteiger partial charge >= 0.3 is 25.7 Å². The van der Waals surface area contributed by atoms with Crippen LogP contribution in [0.5, 0.6) is 0 Å². The molecule has 81 heavy (non-hydrogen) atoms. The molecule has 428 valence electrons. The minimum Gasteiger partial charge on any atom is -0.455 e. The van der Waals surface area contributed by atoms with Gasteiger partial charge in [0.25, 0.3) is 5.91 Å². The van der Waals surface area contributed by atoms with Crippen molar-refractivity contribution >= 4 is 37.4 Å². The summed E-state index contributed by atoms with van der Waals surface area (Å²) in [6.07, 6.45) is -10.5. The Kier molecular flexibility index (Phi) is 17.8. The molecule has 0 radical (unpaired) electrons. The average molecular weight is 1130 g/mol. The third-order valence-corrected chi connectivity index (χ3v) is 17.8. The number of benzene rings is 5. The third-order valence-electron chi connectivity index (χ3n) is 16.5. The number of aliphatic hydroxyl groups excluding tert-OH is 1. The minimum atomic E-state index is -4.49. The fraction of sp³-hybridized carbons (Fsp3) is 0.403. The van der Waals surface area contributed by atoms with Crippen molar-refractivity contribution in [3.05, 3.63) is 191 Å². The zero-order valence-corrected chi connectivity index (χ0v) is 46.6. The van der Waals surface area contributed by atoms with E-state index < -0.39 is 128 Å². The van der Waals surface area contributed by atoms with E-state index in [-0.39, 0.29) is 48.3 Å². The summed E-state index contributed by atoms with van der Waals surface area (Å²) in [6.45, 7) is 6.22. The van der Waals surface area contributed by atoms with E-state index in [0.29, 0.717) is 23.1 Å². The van der Waals surface area contributed by atoms with Gasteiger partial charge in [0.15, 0.2) is 12.6 Å². The predicted molar refractivity (Wildman–Crippen MR) is 292 cm³/mol. The number of carbonyl (C=O) groups is 5. The first-order valence-corrected chi connectivity index (χ1v) is 28.5. The van der Waals surface area contributed by atoms with Crippen LogP contribution >= 0.6 is 7.82 Å². The fourth-order valence-corrected chi connectivity index (χ4v) is 13.0. The number of esters is 3. The van der Waals surface area contributed by atoms with Gasteiger partial charge in [-0.25, -0.2) is 14.2 Å². The van der Waals surface area contributed by atoms with Crippen LogP contribution in [0, 0.1) is 16.7 Å². The molecule has 3 aliphatic carbocycles. The maximum atomic E-state index is 15.9. The minimum absolute atomic E-state index is 0.0492. The van der Waals surface area contributed by atoms with Crippen molar-refractivity contribution in [1.82, 2.24) is 5.32 Å². The van der Waals surface area contributed by atoms with E-state index in [2.05, 4.69) is 5.32 Å². The number of fused-ring (bicyclic) bond motifs is 5. The highest BCUT2D eigenvalue weighted by Gasteiger charge is 2.77. The molecule has 3 fully saturated rings. The molecule has 5 aromatic carbocycles. The maximum Gasteiger partial charge on any atom is 0.477 e. The van der Waals surface area contributed by atoms with Crippen molar-refractivity contribution in [3.8, 4) is 0 Å². The molecule has 9 rings (SSSR count). The van der Waals surface area contributed by atoms with Gasteiger partial charge < -0.3 is 44.3 Å². The van der Waals surface area contributed by atoms with E-state index in [1.165, 1.54) is 26.0 Å². The highest BCUT2D eigenvalue weighted by Crippen LogP contribution is 2.64. The monoisotopic (exact) mass is 1130 g/mol. The van der Waals surface area contributed by atoms with E-state index in [4.69, 9.17) is 37.3 Å². The molecule has 11 atom stereocenters. The Morgan fingerprint density at radius 1 is 0.753 bits per heavy atom. The summed E-state index contributed by atoms with van der Waals surface area (Å²) in [7, 11) is -4.49. The Balaban J connectivity index is 1.11. The molecule has 19 heteroatoms. The number of aliphatic hydroxyl groups is 3. The topological polar surface area (TPSA) is 249 Å². The van der Waals surface area contributed by atoms with Gasteiger partial charge in [-0.1, -0.05) is 148 Å². The van der Waals surface area contributed by atoms with Gasteiger partial charge in [0, 0.05) is 36.2 Å². The first-order valence-electron chi connectivity index (χ1n) is 27.0. The van der Waals surface area contributed by atoms with E-state index in [0.717, 1.165) is 0 Å². The molecule has 1 aliphatic heterocycles. The number of hydrogen-bond acceptors (Lipinski definition) is 17. The Morgan fingerprint density at radius 2 is 1.30 bits per heavy atom. The summed E-state index contributed by atoms with van der Waals surface area (Å²) >= 11 is 0. The molecular formula is C62H68NO17P. The van der Waals surface area contributed by atoms with Crippen LogP contribution in [0.1, 0.15) is 104 Å². The zero-order valence-electron chi connectivity index (χ0n) is 45.7. The number of amides is 1. The van der Waals surface area contributed by atoms with Crippen LogP contribution in [0.4, 0.5) is 0 Å². The number of nitrogens with one attached hydrogen (secondary N) is 1. The first-order chi connectivity index (χ1) is 38.7. The molecule has 18 nitrogen and oxygen atoms in total. The number of ketones is 1. The van der Waals surface area contributed by atoms with Crippen LogP contribution in [0.2, 0.25) is 0 Å². The molecule has 2 saturated carbocycles. The van der Waals surface area contributed by atoms with Crippen molar-refractivity contribution in [2.75, 3.05) is 13.4 Å². The highest BCUT2D eigenvalue weighted by molar-refractivity contribution is 7.48. The fourth-order valence-electron chi connectivity index (χ4n) is 12.0. The number of hydrogen-bond donors (Lipinski definition) is 4. The average Bonchev–Trinajstić information content (AvgIpc) is 0.972. The number of rotatable bonds is 21. The van der Waals surface area contributed by atoms with Crippen molar-refractivity contribution in [1.29, 1.82) is 0 Å². The van der Waals surface area contributed by atoms with Gasteiger partial charge in [-0.15, -0.1) is 0 Å². The smallest absolute Gasteiger partial charge is 0.455 e. The summed E-state index contributed by atoms with van der Waals surface area (Å²) < 4.78 is 63.3.